The molecule has 0 radical (unpaired) electrons. The number of para-hydroxylation sites is 1. The summed E-state index contributed by atoms with van der Waals surface area (Å²) in [7, 11) is 0. The van der Waals surface area contributed by atoms with Gasteiger partial charge in [-0.15, -0.1) is 0 Å². The largest absolute Gasteiger partial charge is 0.382 e. The van der Waals surface area contributed by atoms with Crippen LogP contribution in [0.1, 0.15) is 47.4 Å². The van der Waals surface area contributed by atoms with Crippen molar-refractivity contribution in [3.63, 3.8) is 0 Å². The Bertz CT molecular complexity index is 1490. The van der Waals surface area contributed by atoms with Gasteiger partial charge in [0.2, 0.25) is 0 Å². The molecule has 0 bridgehead atoms. The first-order chi connectivity index (χ1) is 16.6. The van der Waals surface area contributed by atoms with Crippen LogP contribution < -0.4 is 5.73 Å². The Hall–Kier alpha value is -3.65. The zero-order valence-corrected chi connectivity index (χ0v) is 19.8. The number of rotatable bonds is 4. The van der Waals surface area contributed by atoms with Gasteiger partial charge in [-0.1, -0.05) is 25.1 Å². The number of likely N-dealkylation sites (tertiary alicyclic amines) is 1. The number of nitrogens with one attached hydrogen (secondary N) is 1. The highest BCUT2D eigenvalue weighted by molar-refractivity contribution is 7.08. The Kier molecular flexibility index (Phi) is 5.10. The maximum absolute atomic E-state index is 12.8. The van der Waals surface area contributed by atoms with Gasteiger partial charge in [0.1, 0.15) is 22.9 Å². The number of nitrogen functional groups attached to an aromatic ring is 1. The molecule has 3 N–H and O–H groups in total. The van der Waals surface area contributed by atoms with E-state index in [1.807, 2.05) is 27.9 Å². The number of aromatic amines is 1. The fraction of sp³-hybridized carbons (Fsp3) is 0.269. The second-order valence-electron chi connectivity index (χ2n) is 8.85. The standard InChI is InChI=1S/C26H26N6OS/c1-2-16-4-3-5-18-14-20(29-21(16)18)22-23-24(27)28-9-12-32(23)25(30-22)17-6-10-31(11-7-17)26(33)19-8-13-34-15-19/h3-5,8-9,12-15,17,29H,2,6-7,10-11H2,1H3,(H2,27,28). The van der Waals surface area contributed by atoms with Crippen molar-refractivity contribution < 1.29 is 4.79 Å². The second-order valence-corrected chi connectivity index (χ2v) is 9.63. The van der Waals surface area contributed by atoms with E-state index in [1.165, 1.54) is 10.9 Å². The lowest BCUT2D eigenvalue weighted by Gasteiger charge is -2.31. The third-order valence-electron chi connectivity index (χ3n) is 6.90. The Morgan fingerprint density at radius 2 is 2.12 bits per heavy atom. The lowest BCUT2D eigenvalue weighted by atomic mass is 9.95. The topological polar surface area (TPSA) is 92.3 Å². The molecule has 0 atom stereocenters. The molecule has 5 aromatic rings. The van der Waals surface area contributed by atoms with Gasteiger partial charge in [0, 0.05) is 47.7 Å². The molecule has 1 aromatic carbocycles. The number of hydrogen-bond donors (Lipinski definition) is 2. The van der Waals surface area contributed by atoms with Crippen LogP contribution in [-0.2, 0) is 6.42 Å². The van der Waals surface area contributed by atoms with Gasteiger partial charge in [-0.3, -0.25) is 9.20 Å². The molecule has 4 aromatic heterocycles. The number of carbonyl (C=O) groups excluding carboxylic acids is 1. The van der Waals surface area contributed by atoms with E-state index < -0.39 is 0 Å². The van der Waals surface area contributed by atoms with E-state index in [2.05, 4.69) is 45.6 Å². The number of piperidine rings is 1. The summed E-state index contributed by atoms with van der Waals surface area (Å²) >= 11 is 1.55. The average Bonchev–Trinajstić information content (AvgIpc) is 3.62. The van der Waals surface area contributed by atoms with Gasteiger partial charge in [0.05, 0.1) is 11.3 Å². The molecule has 34 heavy (non-hydrogen) atoms. The molecule has 7 nitrogen and oxygen atoms in total. The minimum Gasteiger partial charge on any atom is -0.382 e. The summed E-state index contributed by atoms with van der Waals surface area (Å²) in [4.78, 5) is 27.8. The van der Waals surface area contributed by atoms with Crippen molar-refractivity contribution in [1.82, 2.24) is 24.3 Å². The first-order valence-electron chi connectivity index (χ1n) is 11.7. The number of hydrogen-bond acceptors (Lipinski definition) is 5. The number of aryl methyl sites for hydroxylation is 1. The number of fused-ring (bicyclic) bond motifs is 2. The van der Waals surface area contributed by atoms with E-state index in [1.54, 1.807) is 17.5 Å². The lowest BCUT2D eigenvalue weighted by molar-refractivity contribution is 0.0711. The van der Waals surface area contributed by atoms with Crippen molar-refractivity contribution in [2.75, 3.05) is 18.8 Å². The molecule has 0 aliphatic carbocycles. The molecular formula is C26H26N6OS. The van der Waals surface area contributed by atoms with Gasteiger partial charge in [-0.05, 0) is 42.3 Å². The summed E-state index contributed by atoms with van der Waals surface area (Å²) in [6, 6.07) is 10.4. The number of amides is 1. The highest BCUT2D eigenvalue weighted by Crippen LogP contribution is 2.36. The molecule has 6 rings (SSSR count). The van der Waals surface area contributed by atoms with Crippen molar-refractivity contribution >= 4 is 39.5 Å². The first-order valence-corrected chi connectivity index (χ1v) is 12.6. The van der Waals surface area contributed by atoms with Crippen molar-refractivity contribution in [3.8, 4) is 11.4 Å². The normalized spacial score (nSPS) is 14.9. The van der Waals surface area contributed by atoms with Gasteiger partial charge < -0.3 is 15.6 Å². The van der Waals surface area contributed by atoms with Crippen molar-refractivity contribution in [1.29, 1.82) is 0 Å². The van der Waals surface area contributed by atoms with Crippen molar-refractivity contribution in [3.05, 3.63) is 70.4 Å². The molecule has 1 amide bonds. The molecule has 0 saturated carbocycles. The number of nitrogens with two attached hydrogens (primary N) is 1. The van der Waals surface area contributed by atoms with E-state index in [4.69, 9.17) is 10.7 Å². The van der Waals surface area contributed by atoms with E-state index >= 15 is 0 Å². The van der Waals surface area contributed by atoms with Crippen LogP contribution in [0.2, 0.25) is 0 Å². The highest BCUT2D eigenvalue weighted by Gasteiger charge is 2.29. The van der Waals surface area contributed by atoms with E-state index in [0.717, 1.165) is 66.2 Å². The number of nitrogens with zero attached hydrogens (tertiary/aromatic N) is 4. The molecular weight excluding hydrogens is 444 g/mol. The Labute approximate surface area is 201 Å². The maximum atomic E-state index is 12.8. The molecule has 1 aliphatic rings. The van der Waals surface area contributed by atoms with Crippen LogP contribution in [0.25, 0.3) is 27.8 Å². The Balaban J connectivity index is 1.36. The van der Waals surface area contributed by atoms with E-state index in [0.29, 0.717) is 5.82 Å². The van der Waals surface area contributed by atoms with Crippen LogP contribution in [0.4, 0.5) is 5.82 Å². The average molecular weight is 471 g/mol. The van der Waals surface area contributed by atoms with Crippen molar-refractivity contribution in [2.24, 2.45) is 0 Å². The summed E-state index contributed by atoms with van der Waals surface area (Å²) in [5.41, 5.74) is 12.2. The van der Waals surface area contributed by atoms with E-state index in [-0.39, 0.29) is 11.8 Å². The fourth-order valence-corrected chi connectivity index (χ4v) is 5.74. The van der Waals surface area contributed by atoms with Crippen molar-refractivity contribution in [2.45, 2.75) is 32.1 Å². The summed E-state index contributed by atoms with van der Waals surface area (Å²) in [6.45, 7) is 3.60. The van der Waals surface area contributed by atoms with Crippen LogP contribution in [0.5, 0.6) is 0 Å². The van der Waals surface area contributed by atoms with Crippen LogP contribution >= 0.6 is 11.3 Å². The molecule has 8 heteroatoms. The molecule has 1 saturated heterocycles. The molecule has 0 spiro atoms. The van der Waals surface area contributed by atoms with Gasteiger partial charge in [-0.25, -0.2) is 9.97 Å². The number of imidazole rings is 1. The van der Waals surface area contributed by atoms with Gasteiger partial charge in [0.25, 0.3) is 5.91 Å². The smallest absolute Gasteiger partial charge is 0.254 e. The second kappa shape index (κ2) is 8.29. The molecule has 172 valence electrons. The fourth-order valence-electron chi connectivity index (χ4n) is 5.11. The number of thiophene rings is 1. The lowest BCUT2D eigenvalue weighted by Crippen LogP contribution is -2.38. The molecule has 1 fully saturated rings. The number of benzene rings is 1. The maximum Gasteiger partial charge on any atom is 0.254 e. The summed E-state index contributed by atoms with van der Waals surface area (Å²) < 4.78 is 2.09. The minimum atomic E-state index is 0.117. The van der Waals surface area contributed by atoms with Crippen LogP contribution in [0.15, 0.2) is 53.5 Å². The third kappa shape index (κ3) is 3.37. The highest BCUT2D eigenvalue weighted by atomic mass is 32.1. The number of anilines is 1. The Morgan fingerprint density at radius 1 is 1.26 bits per heavy atom. The van der Waals surface area contributed by atoms with Crippen LogP contribution in [0.3, 0.4) is 0 Å². The van der Waals surface area contributed by atoms with Crippen LogP contribution in [0, 0.1) is 0 Å². The molecule has 1 aliphatic heterocycles. The summed E-state index contributed by atoms with van der Waals surface area (Å²) in [5.74, 6) is 1.81. The predicted molar refractivity (Wildman–Crippen MR) is 136 cm³/mol. The number of aromatic nitrogens is 4. The molecule has 0 unspecified atom stereocenters. The van der Waals surface area contributed by atoms with E-state index in [9.17, 15) is 4.79 Å². The Morgan fingerprint density at radius 3 is 2.88 bits per heavy atom. The first kappa shape index (κ1) is 20.9. The zero-order valence-electron chi connectivity index (χ0n) is 19.0. The SMILES string of the molecule is CCc1cccc2cc(-c3nc(C4CCN(C(=O)c5ccsc5)CC4)n4ccnc(N)c34)[nH]c12. The quantitative estimate of drug-likeness (QED) is 0.382. The monoisotopic (exact) mass is 470 g/mol. The van der Waals surface area contributed by atoms with Gasteiger partial charge in [0.15, 0.2) is 0 Å². The third-order valence-corrected chi connectivity index (χ3v) is 7.59. The minimum absolute atomic E-state index is 0.117. The summed E-state index contributed by atoms with van der Waals surface area (Å²) in [5, 5.41) is 5.03. The predicted octanol–water partition coefficient (Wildman–Crippen LogP) is 5.10. The molecule has 5 heterocycles. The number of carbonyl (C=O) groups is 1. The number of H-pyrrole nitrogens is 1. The van der Waals surface area contributed by atoms with Gasteiger partial charge >= 0.3 is 0 Å². The summed E-state index contributed by atoms with van der Waals surface area (Å²) in [6.07, 6.45) is 6.36. The van der Waals surface area contributed by atoms with Crippen LogP contribution in [-0.4, -0.2) is 43.2 Å². The van der Waals surface area contributed by atoms with Gasteiger partial charge in [-0.2, -0.15) is 11.3 Å². The zero-order chi connectivity index (χ0) is 23.2.